The SMILES string of the molecule is Cc1c([N+](=O)[O-])cc(S(=O)(=O)N2CCN(c3cc(-n4cccn4)ncn3)CC2)cc1[N+](=O)[O-]. The minimum Gasteiger partial charge on any atom is -0.354 e. The van der Waals surface area contributed by atoms with Crippen LogP contribution in [0.5, 0.6) is 0 Å². The maximum Gasteiger partial charge on any atom is 0.280 e. The highest BCUT2D eigenvalue weighted by molar-refractivity contribution is 7.89. The van der Waals surface area contributed by atoms with Crippen molar-refractivity contribution in [3.63, 3.8) is 0 Å². The lowest BCUT2D eigenvalue weighted by molar-refractivity contribution is -0.395. The van der Waals surface area contributed by atoms with Crippen LogP contribution in [0.2, 0.25) is 0 Å². The molecule has 1 aliphatic heterocycles. The molecule has 33 heavy (non-hydrogen) atoms. The number of nitrogens with zero attached hydrogens (tertiary/aromatic N) is 8. The summed E-state index contributed by atoms with van der Waals surface area (Å²) in [5.41, 5.74) is -1.44. The molecule has 0 radical (unpaired) electrons. The van der Waals surface area contributed by atoms with Crippen LogP contribution < -0.4 is 4.90 Å². The highest BCUT2D eigenvalue weighted by Crippen LogP contribution is 2.33. The summed E-state index contributed by atoms with van der Waals surface area (Å²) in [6.07, 6.45) is 4.74. The summed E-state index contributed by atoms with van der Waals surface area (Å²) in [4.78, 5) is 30.8. The first kappa shape index (κ1) is 22.2. The lowest BCUT2D eigenvalue weighted by Gasteiger charge is -2.34. The lowest BCUT2D eigenvalue weighted by atomic mass is 10.1. The maximum atomic E-state index is 13.1. The fourth-order valence-electron chi connectivity index (χ4n) is 3.53. The lowest BCUT2D eigenvalue weighted by Crippen LogP contribution is -2.49. The van der Waals surface area contributed by atoms with Crippen LogP contribution in [-0.4, -0.2) is 68.5 Å². The molecule has 0 spiro atoms. The van der Waals surface area contributed by atoms with E-state index in [1.165, 1.54) is 13.3 Å². The predicted molar refractivity (Wildman–Crippen MR) is 115 cm³/mol. The molecule has 0 N–H and O–H groups in total. The second-order valence-electron chi connectivity index (χ2n) is 7.18. The Morgan fingerprint density at radius 1 is 0.939 bits per heavy atom. The molecule has 2 aromatic heterocycles. The summed E-state index contributed by atoms with van der Waals surface area (Å²) in [6, 6.07) is 5.21. The van der Waals surface area contributed by atoms with Crippen molar-refractivity contribution in [3.05, 3.63) is 68.8 Å². The predicted octanol–water partition coefficient (Wildman–Crippen LogP) is 1.30. The monoisotopic (exact) mass is 474 g/mol. The van der Waals surface area contributed by atoms with Gasteiger partial charge in [-0.25, -0.2) is 23.1 Å². The van der Waals surface area contributed by atoms with E-state index in [1.54, 1.807) is 29.2 Å². The van der Waals surface area contributed by atoms with Crippen molar-refractivity contribution < 1.29 is 18.3 Å². The second kappa shape index (κ2) is 8.51. The number of aromatic nitrogens is 4. The smallest absolute Gasteiger partial charge is 0.280 e. The Morgan fingerprint density at radius 3 is 2.09 bits per heavy atom. The number of sulfonamides is 1. The summed E-state index contributed by atoms with van der Waals surface area (Å²) >= 11 is 0. The van der Waals surface area contributed by atoms with Crippen LogP contribution in [0.4, 0.5) is 17.2 Å². The fraction of sp³-hybridized carbons (Fsp3) is 0.278. The van der Waals surface area contributed by atoms with Crippen LogP contribution in [0.25, 0.3) is 5.82 Å². The number of piperazine rings is 1. The molecule has 0 saturated carbocycles. The highest BCUT2D eigenvalue weighted by atomic mass is 32.2. The first-order valence-electron chi connectivity index (χ1n) is 9.69. The molecule has 0 amide bonds. The van der Waals surface area contributed by atoms with E-state index in [1.807, 2.05) is 4.90 Å². The molecule has 14 nitrogen and oxygen atoms in total. The zero-order valence-corrected chi connectivity index (χ0v) is 18.1. The molecule has 0 aliphatic carbocycles. The Balaban J connectivity index is 1.56. The van der Waals surface area contributed by atoms with Gasteiger partial charge >= 0.3 is 0 Å². The van der Waals surface area contributed by atoms with Crippen molar-refractivity contribution in [2.24, 2.45) is 0 Å². The van der Waals surface area contributed by atoms with Crippen molar-refractivity contribution in [3.8, 4) is 5.82 Å². The van der Waals surface area contributed by atoms with Gasteiger partial charge in [0.2, 0.25) is 10.0 Å². The van der Waals surface area contributed by atoms with Gasteiger partial charge in [0.15, 0.2) is 5.82 Å². The van der Waals surface area contributed by atoms with E-state index in [4.69, 9.17) is 0 Å². The van der Waals surface area contributed by atoms with Gasteiger partial charge in [-0.05, 0) is 13.0 Å². The molecule has 1 aromatic carbocycles. The van der Waals surface area contributed by atoms with E-state index in [9.17, 15) is 28.6 Å². The van der Waals surface area contributed by atoms with Crippen molar-refractivity contribution in [1.29, 1.82) is 0 Å². The molecule has 4 rings (SSSR count). The zero-order valence-electron chi connectivity index (χ0n) is 17.3. The van der Waals surface area contributed by atoms with Crippen LogP contribution in [0.3, 0.4) is 0 Å². The van der Waals surface area contributed by atoms with Gasteiger partial charge in [-0.3, -0.25) is 20.2 Å². The van der Waals surface area contributed by atoms with Gasteiger partial charge in [-0.15, -0.1) is 0 Å². The van der Waals surface area contributed by atoms with E-state index in [0.29, 0.717) is 24.7 Å². The number of hydrogen-bond acceptors (Lipinski definition) is 10. The van der Waals surface area contributed by atoms with Crippen molar-refractivity contribution in [2.45, 2.75) is 11.8 Å². The minimum atomic E-state index is -4.19. The fourth-order valence-corrected chi connectivity index (χ4v) is 5.00. The van der Waals surface area contributed by atoms with Crippen molar-refractivity contribution in [2.75, 3.05) is 31.1 Å². The number of rotatable bonds is 6. The zero-order chi connectivity index (χ0) is 23.8. The maximum absolute atomic E-state index is 13.1. The number of hydrogen-bond donors (Lipinski definition) is 0. The summed E-state index contributed by atoms with van der Waals surface area (Å²) in [6.45, 7) is 1.94. The van der Waals surface area contributed by atoms with Gasteiger partial charge in [-0.1, -0.05) is 0 Å². The number of nitro groups is 2. The first-order valence-corrected chi connectivity index (χ1v) is 11.1. The van der Waals surface area contributed by atoms with E-state index in [-0.39, 0.29) is 18.7 Å². The van der Waals surface area contributed by atoms with Crippen molar-refractivity contribution >= 4 is 27.2 Å². The molecule has 172 valence electrons. The van der Waals surface area contributed by atoms with E-state index in [0.717, 1.165) is 16.4 Å². The molecule has 0 bridgehead atoms. The van der Waals surface area contributed by atoms with Gasteiger partial charge in [0.05, 0.1) is 14.7 Å². The largest absolute Gasteiger partial charge is 0.354 e. The van der Waals surface area contributed by atoms with Crippen LogP contribution in [-0.2, 0) is 10.0 Å². The average molecular weight is 474 g/mol. The standard InChI is InChI=1S/C18H18N8O6S/c1-13-15(25(27)28)9-14(10-16(13)26(29)30)33(31,32)23-7-5-22(6-8-23)17-11-18(20-12-19-17)24-4-2-3-21-24/h2-4,9-12H,5-8H2,1H3. The van der Waals surface area contributed by atoms with Crippen molar-refractivity contribution in [1.82, 2.24) is 24.1 Å². The molecule has 1 fully saturated rings. The van der Waals surface area contributed by atoms with E-state index in [2.05, 4.69) is 15.1 Å². The van der Waals surface area contributed by atoms with Gasteiger partial charge in [-0.2, -0.15) is 9.40 Å². The number of benzene rings is 1. The molecule has 0 unspecified atom stereocenters. The molecule has 1 aliphatic rings. The second-order valence-corrected chi connectivity index (χ2v) is 9.11. The van der Waals surface area contributed by atoms with Gasteiger partial charge in [0.25, 0.3) is 11.4 Å². The third-order valence-corrected chi connectivity index (χ3v) is 7.17. The highest BCUT2D eigenvalue weighted by Gasteiger charge is 2.33. The Labute approximate surface area is 187 Å². The Morgan fingerprint density at radius 2 is 1.55 bits per heavy atom. The summed E-state index contributed by atoms with van der Waals surface area (Å²) in [5, 5.41) is 26.7. The average Bonchev–Trinajstić information content (AvgIpc) is 3.34. The summed E-state index contributed by atoms with van der Waals surface area (Å²) in [5.74, 6) is 1.15. The Kier molecular flexibility index (Phi) is 5.73. The molecule has 3 aromatic rings. The van der Waals surface area contributed by atoms with E-state index >= 15 is 0 Å². The summed E-state index contributed by atoms with van der Waals surface area (Å²) in [7, 11) is -4.19. The molecular weight excluding hydrogens is 456 g/mol. The third-order valence-electron chi connectivity index (χ3n) is 5.30. The quantitative estimate of drug-likeness (QED) is 0.374. The topological polar surface area (TPSA) is 170 Å². The van der Waals surface area contributed by atoms with Gasteiger partial charge < -0.3 is 4.90 Å². The molecule has 3 heterocycles. The molecule has 0 atom stereocenters. The first-order chi connectivity index (χ1) is 15.7. The Hall–Kier alpha value is -3.98. The Bertz CT molecular complexity index is 1280. The minimum absolute atomic E-state index is 0.0684. The molecule has 15 heteroatoms. The third kappa shape index (κ3) is 4.22. The van der Waals surface area contributed by atoms with E-state index < -0.39 is 36.1 Å². The molecular formula is C18H18N8O6S. The number of anilines is 1. The van der Waals surface area contributed by atoms with Crippen LogP contribution >= 0.6 is 0 Å². The van der Waals surface area contributed by atoms with Crippen LogP contribution in [0, 0.1) is 27.2 Å². The molecule has 1 saturated heterocycles. The van der Waals surface area contributed by atoms with Crippen LogP contribution in [0.15, 0.2) is 47.9 Å². The number of nitro benzene ring substituents is 2. The van der Waals surface area contributed by atoms with Crippen LogP contribution in [0.1, 0.15) is 5.56 Å². The van der Waals surface area contributed by atoms with Gasteiger partial charge in [0.1, 0.15) is 17.7 Å². The van der Waals surface area contributed by atoms with Gasteiger partial charge in [0, 0.05) is 56.8 Å². The normalized spacial score (nSPS) is 14.9. The summed E-state index contributed by atoms with van der Waals surface area (Å²) < 4.78 is 29.0.